The smallest absolute Gasteiger partial charge is 0.325 e. The number of fused-ring (bicyclic) bond motifs is 1. The van der Waals surface area contributed by atoms with Gasteiger partial charge in [-0.25, -0.2) is 13.8 Å². The highest BCUT2D eigenvalue weighted by molar-refractivity contribution is 5.76. The maximum absolute atomic E-state index is 15.0. The summed E-state index contributed by atoms with van der Waals surface area (Å²) in [5.74, 6) is -1.62. The Labute approximate surface area is 228 Å². The van der Waals surface area contributed by atoms with Crippen molar-refractivity contribution in [1.82, 2.24) is 9.88 Å². The van der Waals surface area contributed by atoms with Gasteiger partial charge < -0.3 is 19.9 Å². The summed E-state index contributed by atoms with van der Waals surface area (Å²) in [5.41, 5.74) is 2.71. The monoisotopic (exact) mass is 543 g/mol. The number of hydrogen-bond donors (Lipinski definition) is 2. The van der Waals surface area contributed by atoms with E-state index in [0.29, 0.717) is 32.5 Å². The van der Waals surface area contributed by atoms with Gasteiger partial charge in [-0.3, -0.25) is 9.69 Å². The van der Waals surface area contributed by atoms with Crippen molar-refractivity contribution in [1.29, 1.82) is 0 Å². The molecule has 0 radical (unpaired) electrons. The number of aliphatic carboxylic acids is 1. The van der Waals surface area contributed by atoms with Crippen molar-refractivity contribution < 1.29 is 28.2 Å². The Bertz CT molecular complexity index is 1150. The van der Waals surface area contributed by atoms with E-state index in [0.717, 1.165) is 75.1 Å². The molecule has 2 aliphatic heterocycles. The van der Waals surface area contributed by atoms with Gasteiger partial charge >= 0.3 is 5.97 Å². The van der Waals surface area contributed by atoms with Gasteiger partial charge in [0.1, 0.15) is 23.5 Å². The van der Waals surface area contributed by atoms with E-state index in [4.69, 9.17) is 14.5 Å². The summed E-state index contributed by atoms with van der Waals surface area (Å²) in [6.45, 7) is 2.11. The van der Waals surface area contributed by atoms with Crippen LogP contribution in [0.3, 0.4) is 0 Å². The lowest BCUT2D eigenvalue weighted by molar-refractivity contribution is -0.146. The van der Waals surface area contributed by atoms with E-state index in [1.807, 2.05) is 0 Å². The molecule has 3 aliphatic rings. The van der Waals surface area contributed by atoms with Gasteiger partial charge in [0.15, 0.2) is 0 Å². The standard InChI is InChI=1S/C30H39F2N3O4/c1-35(28(30(36)37)24-15-20(31)16-25(32)27(24)26-9-3-5-14-39-26)22-17-23(18-22)38-13-4-2-8-21-11-10-19-7-6-12-33-29(19)34-21/h10-11,15-16,22-23,26,28H,2-9,12-14,17-18H2,1H3,(H,33,34)(H,36,37)/t22?,23?,26-,28+/m1/s1. The zero-order valence-electron chi connectivity index (χ0n) is 22.6. The lowest BCUT2D eigenvalue weighted by Gasteiger charge is -2.43. The van der Waals surface area contributed by atoms with E-state index in [-0.39, 0.29) is 23.3 Å². The van der Waals surface area contributed by atoms with Crippen molar-refractivity contribution in [3.8, 4) is 0 Å². The van der Waals surface area contributed by atoms with Crippen LogP contribution in [0.1, 0.15) is 85.9 Å². The number of ether oxygens (including phenoxy) is 2. The summed E-state index contributed by atoms with van der Waals surface area (Å²) in [6.07, 6.45) is 8.25. The zero-order valence-corrected chi connectivity index (χ0v) is 22.6. The van der Waals surface area contributed by atoms with Gasteiger partial charge in [0.05, 0.1) is 12.2 Å². The van der Waals surface area contributed by atoms with Gasteiger partial charge in [-0.2, -0.15) is 0 Å². The number of nitrogens with zero attached hydrogens (tertiary/aromatic N) is 2. The normalized spacial score (nSPS) is 23.5. The number of carboxylic acids is 1. The van der Waals surface area contributed by atoms with Crippen LogP contribution in [0.15, 0.2) is 24.3 Å². The average molecular weight is 544 g/mol. The minimum atomic E-state index is -1.17. The number of nitrogens with one attached hydrogen (secondary N) is 1. The summed E-state index contributed by atoms with van der Waals surface area (Å²) in [5, 5.41) is 13.5. The third-order valence-electron chi connectivity index (χ3n) is 8.34. The van der Waals surface area contributed by atoms with E-state index >= 15 is 0 Å². The molecule has 1 aromatic carbocycles. The van der Waals surface area contributed by atoms with Crippen LogP contribution in [0.4, 0.5) is 14.6 Å². The Kier molecular flexibility index (Phi) is 9.10. The predicted molar refractivity (Wildman–Crippen MR) is 144 cm³/mol. The molecule has 1 aliphatic carbocycles. The number of carboxylic acid groups (broad SMARTS) is 1. The molecule has 1 saturated heterocycles. The molecular weight excluding hydrogens is 504 g/mol. The number of anilines is 1. The number of halogens is 2. The molecule has 2 atom stereocenters. The Balaban J connectivity index is 1.12. The second kappa shape index (κ2) is 12.7. The molecule has 7 nitrogen and oxygen atoms in total. The lowest BCUT2D eigenvalue weighted by Crippen LogP contribution is -2.49. The van der Waals surface area contributed by atoms with Crippen LogP contribution in [-0.2, 0) is 27.1 Å². The van der Waals surface area contributed by atoms with E-state index < -0.39 is 29.7 Å². The van der Waals surface area contributed by atoms with E-state index in [2.05, 4.69) is 17.4 Å². The van der Waals surface area contributed by atoms with E-state index in [1.54, 1.807) is 11.9 Å². The van der Waals surface area contributed by atoms with Crippen molar-refractivity contribution >= 4 is 11.8 Å². The highest BCUT2D eigenvalue weighted by Crippen LogP contribution is 2.39. The molecule has 9 heteroatoms. The third-order valence-corrected chi connectivity index (χ3v) is 8.34. The summed E-state index contributed by atoms with van der Waals surface area (Å²) >= 11 is 0. The van der Waals surface area contributed by atoms with Crippen LogP contribution < -0.4 is 5.32 Å². The largest absolute Gasteiger partial charge is 0.480 e. The molecule has 212 valence electrons. The first-order valence-electron chi connectivity index (χ1n) is 14.3. The Morgan fingerprint density at radius 3 is 2.85 bits per heavy atom. The number of hydrogen-bond acceptors (Lipinski definition) is 6. The van der Waals surface area contributed by atoms with Gasteiger partial charge in [0.2, 0.25) is 0 Å². The van der Waals surface area contributed by atoms with Crippen LogP contribution in [0.25, 0.3) is 0 Å². The number of benzene rings is 1. The van der Waals surface area contributed by atoms with Crippen molar-refractivity contribution in [2.24, 2.45) is 0 Å². The molecule has 39 heavy (non-hydrogen) atoms. The van der Waals surface area contributed by atoms with Crippen molar-refractivity contribution in [2.45, 2.75) is 88.5 Å². The molecule has 3 heterocycles. The SMILES string of the molecule is CN(C1CC(OCCCCc2ccc3c(n2)NCCC3)C1)[C@H](C(=O)O)c1cc(F)cc(F)c1[C@H]1CCCCO1. The lowest BCUT2D eigenvalue weighted by atomic mass is 9.85. The molecule has 1 saturated carbocycles. The molecule has 2 fully saturated rings. The molecule has 0 unspecified atom stereocenters. The highest BCUT2D eigenvalue weighted by atomic mass is 19.1. The molecule has 0 amide bonds. The van der Waals surface area contributed by atoms with Crippen LogP contribution >= 0.6 is 0 Å². The summed E-state index contributed by atoms with van der Waals surface area (Å²) < 4.78 is 41.1. The summed E-state index contributed by atoms with van der Waals surface area (Å²) in [4.78, 5) is 18.9. The molecule has 1 aromatic heterocycles. The molecule has 2 aromatic rings. The van der Waals surface area contributed by atoms with Crippen LogP contribution in [0.5, 0.6) is 0 Å². The zero-order chi connectivity index (χ0) is 27.4. The Morgan fingerprint density at radius 2 is 2.08 bits per heavy atom. The quantitative estimate of drug-likeness (QED) is 0.358. The van der Waals surface area contributed by atoms with Crippen LogP contribution in [-0.4, -0.2) is 59.9 Å². The van der Waals surface area contributed by atoms with Crippen LogP contribution in [0.2, 0.25) is 0 Å². The van der Waals surface area contributed by atoms with Crippen molar-refractivity contribution in [2.75, 3.05) is 32.1 Å². The average Bonchev–Trinajstić information content (AvgIpc) is 2.89. The summed E-state index contributed by atoms with van der Waals surface area (Å²) in [6, 6.07) is 5.07. The fourth-order valence-corrected chi connectivity index (χ4v) is 6.05. The topological polar surface area (TPSA) is 83.9 Å². The minimum Gasteiger partial charge on any atom is -0.480 e. The first-order valence-corrected chi connectivity index (χ1v) is 14.3. The Hall–Kier alpha value is -2.62. The maximum atomic E-state index is 15.0. The number of rotatable bonds is 11. The molecule has 0 spiro atoms. The number of carbonyl (C=O) groups is 1. The first kappa shape index (κ1) is 27.9. The first-order chi connectivity index (χ1) is 18.9. The highest BCUT2D eigenvalue weighted by Gasteiger charge is 2.40. The minimum absolute atomic E-state index is 0.0465. The van der Waals surface area contributed by atoms with Gasteiger partial charge in [-0.05, 0) is 94.5 Å². The second-order valence-corrected chi connectivity index (χ2v) is 11.1. The van der Waals surface area contributed by atoms with Gasteiger partial charge in [0.25, 0.3) is 0 Å². The predicted octanol–water partition coefficient (Wildman–Crippen LogP) is 5.59. The molecule has 2 N–H and O–H groups in total. The van der Waals surface area contributed by atoms with Crippen molar-refractivity contribution in [3.63, 3.8) is 0 Å². The summed E-state index contributed by atoms with van der Waals surface area (Å²) in [7, 11) is 1.72. The fraction of sp³-hybridized carbons (Fsp3) is 0.600. The van der Waals surface area contributed by atoms with E-state index in [9.17, 15) is 18.7 Å². The van der Waals surface area contributed by atoms with Crippen LogP contribution in [0, 0.1) is 11.6 Å². The second-order valence-electron chi connectivity index (χ2n) is 11.1. The van der Waals surface area contributed by atoms with E-state index in [1.165, 1.54) is 5.56 Å². The third kappa shape index (κ3) is 6.58. The molecule has 5 rings (SSSR count). The number of likely N-dealkylation sites (N-methyl/N-ethyl adjacent to an activating group) is 1. The van der Waals surface area contributed by atoms with Gasteiger partial charge in [-0.15, -0.1) is 0 Å². The molecule has 0 bridgehead atoms. The fourth-order valence-electron chi connectivity index (χ4n) is 6.05. The van der Waals surface area contributed by atoms with Gasteiger partial charge in [-0.1, -0.05) is 6.07 Å². The molecular formula is C30H39F2N3O4. The number of aryl methyl sites for hydroxylation is 2. The number of unbranched alkanes of at least 4 members (excludes halogenated alkanes) is 1. The maximum Gasteiger partial charge on any atom is 0.325 e. The number of pyridine rings is 1. The Morgan fingerprint density at radius 1 is 1.23 bits per heavy atom. The van der Waals surface area contributed by atoms with Gasteiger partial charge in [0, 0.05) is 43.1 Å². The van der Waals surface area contributed by atoms with Crippen molar-refractivity contribution in [3.05, 3.63) is 58.3 Å². The number of aromatic nitrogens is 1.